The molecule has 0 aliphatic carbocycles. The van der Waals surface area contributed by atoms with E-state index in [0.717, 1.165) is 0 Å². The lowest BCUT2D eigenvalue weighted by atomic mass is 10.1. The van der Waals surface area contributed by atoms with Crippen LogP contribution >= 0.6 is 0 Å². The third kappa shape index (κ3) is 5.91. The van der Waals surface area contributed by atoms with Gasteiger partial charge >= 0.3 is 12.0 Å². The molecule has 1 atom stereocenters. The quantitative estimate of drug-likeness (QED) is 0.426. The lowest BCUT2D eigenvalue weighted by Crippen LogP contribution is -2.30. The Morgan fingerprint density at radius 3 is 2.19 bits per heavy atom. The van der Waals surface area contributed by atoms with Crippen LogP contribution in [0.3, 0.4) is 0 Å². The molecule has 0 aliphatic rings. The van der Waals surface area contributed by atoms with Gasteiger partial charge in [0.25, 0.3) is 0 Å². The minimum atomic E-state index is -4.02. The highest BCUT2D eigenvalue weighted by Crippen LogP contribution is 2.26. The van der Waals surface area contributed by atoms with Crippen LogP contribution in [0.2, 0.25) is 0 Å². The van der Waals surface area contributed by atoms with E-state index in [-0.39, 0.29) is 4.90 Å². The number of primary amides is 1. The van der Waals surface area contributed by atoms with Crippen molar-refractivity contribution in [1.29, 1.82) is 0 Å². The maximum atomic E-state index is 13.0. The first-order chi connectivity index (χ1) is 14.7. The molecule has 9 heteroatoms. The smallest absolute Gasteiger partial charge is 0.316 e. The van der Waals surface area contributed by atoms with Crippen LogP contribution < -0.4 is 15.8 Å². The maximum absolute atomic E-state index is 13.0. The van der Waals surface area contributed by atoms with Crippen LogP contribution in [-0.4, -0.2) is 25.5 Å². The molecule has 0 spiro atoms. The zero-order valence-corrected chi connectivity index (χ0v) is 17.2. The Balaban J connectivity index is 1.91. The highest BCUT2D eigenvalue weighted by Gasteiger charge is 2.24. The van der Waals surface area contributed by atoms with Gasteiger partial charge in [-0.3, -0.25) is 4.79 Å². The van der Waals surface area contributed by atoms with Gasteiger partial charge in [-0.15, -0.1) is 0 Å². The van der Waals surface area contributed by atoms with Crippen LogP contribution in [-0.2, 0) is 14.8 Å². The number of aliphatic carboxylic acids is 1. The number of benzene rings is 3. The number of rotatable bonds is 8. The Kier molecular flexibility index (Phi) is 6.68. The first kappa shape index (κ1) is 22.0. The SMILES string of the molecule is NC(=O)Nc1cccc(-c2cccc(S(=O)(=O)N[C@@H](CC(=O)O)c3ccccc3)c2)c1. The third-order valence-corrected chi connectivity index (χ3v) is 5.96. The van der Waals surface area contributed by atoms with E-state index >= 15 is 0 Å². The number of anilines is 1. The summed E-state index contributed by atoms with van der Waals surface area (Å²) in [5.74, 6) is -1.12. The molecule has 3 rings (SSSR count). The second kappa shape index (κ2) is 9.41. The van der Waals surface area contributed by atoms with Gasteiger partial charge in [0.1, 0.15) is 0 Å². The molecule has 0 aliphatic heterocycles. The number of hydrogen-bond acceptors (Lipinski definition) is 4. The van der Waals surface area contributed by atoms with Crippen molar-refractivity contribution in [2.45, 2.75) is 17.4 Å². The second-order valence-electron chi connectivity index (χ2n) is 6.78. The van der Waals surface area contributed by atoms with E-state index in [4.69, 9.17) is 5.73 Å². The van der Waals surface area contributed by atoms with Crippen molar-refractivity contribution >= 4 is 27.7 Å². The number of nitrogens with two attached hydrogens (primary N) is 1. The Morgan fingerprint density at radius 2 is 1.55 bits per heavy atom. The summed E-state index contributed by atoms with van der Waals surface area (Å²) in [5.41, 5.74) is 7.45. The summed E-state index contributed by atoms with van der Waals surface area (Å²) in [5, 5.41) is 11.7. The van der Waals surface area contributed by atoms with Gasteiger partial charge in [-0.25, -0.2) is 17.9 Å². The van der Waals surface area contributed by atoms with Crippen molar-refractivity contribution in [1.82, 2.24) is 4.72 Å². The predicted molar refractivity (Wildman–Crippen MR) is 117 cm³/mol. The highest BCUT2D eigenvalue weighted by molar-refractivity contribution is 7.89. The summed E-state index contributed by atoms with van der Waals surface area (Å²) in [6, 6.07) is 19.9. The minimum absolute atomic E-state index is 0.00965. The van der Waals surface area contributed by atoms with Crippen LogP contribution in [0.15, 0.2) is 83.8 Å². The van der Waals surface area contributed by atoms with Crippen LogP contribution in [0.5, 0.6) is 0 Å². The number of sulfonamides is 1. The predicted octanol–water partition coefficient (Wildman–Crippen LogP) is 3.34. The summed E-state index contributed by atoms with van der Waals surface area (Å²) in [4.78, 5) is 22.3. The fraction of sp³-hybridized carbons (Fsp3) is 0.0909. The van der Waals surface area contributed by atoms with Crippen LogP contribution in [0, 0.1) is 0 Å². The molecule has 0 unspecified atom stereocenters. The maximum Gasteiger partial charge on any atom is 0.316 e. The average molecular weight is 439 g/mol. The second-order valence-corrected chi connectivity index (χ2v) is 8.49. The standard InChI is InChI=1S/C22H21N3O5S/c23-22(28)24-18-10-4-8-16(12-18)17-9-5-11-19(13-17)31(29,30)25-20(14-21(26)27)15-6-2-1-3-7-15/h1-13,20,25H,14H2,(H,26,27)(H3,23,24,28)/t20-/m0/s1. The third-order valence-electron chi connectivity index (χ3n) is 4.49. The van der Waals surface area contributed by atoms with Crippen molar-refractivity contribution < 1.29 is 23.1 Å². The van der Waals surface area contributed by atoms with Crippen LogP contribution in [0.25, 0.3) is 11.1 Å². The number of carboxylic acid groups (broad SMARTS) is 1. The van der Waals surface area contributed by atoms with E-state index in [0.29, 0.717) is 22.4 Å². The zero-order valence-electron chi connectivity index (χ0n) is 16.4. The molecule has 5 N–H and O–H groups in total. The average Bonchev–Trinajstić information content (AvgIpc) is 2.73. The minimum Gasteiger partial charge on any atom is -0.481 e. The number of carbonyl (C=O) groups is 2. The summed E-state index contributed by atoms with van der Waals surface area (Å²) < 4.78 is 28.5. The molecule has 3 aromatic rings. The van der Waals surface area contributed by atoms with Gasteiger partial charge in [-0.05, 0) is 41.0 Å². The number of carbonyl (C=O) groups excluding carboxylic acids is 1. The molecular weight excluding hydrogens is 418 g/mol. The van der Waals surface area contributed by atoms with E-state index in [1.54, 1.807) is 66.7 Å². The van der Waals surface area contributed by atoms with Gasteiger partial charge in [0.05, 0.1) is 17.4 Å². The van der Waals surface area contributed by atoms with E-state index in [9.17, 15) is 23.1 Å². The van der Waals surface area contributed by atoms with Gasteiger partial charge in [-0.1, -0.05) is 54.6 Å². The first-order valence-electron chi connectivity index (χ1n) is 9.30. The molecule has 0 saturated carbocycles. The lowest BCUT2D eigenvalue weighted by molar-refractivity contribution is -0.137. The van der Waals surface area contributed by atoms with E-state index < -0.39 is 34.5 Å². The first-order valence-corrected chi connectivity index (χ1v) is 10.8. The molecular formula is C22H21N3O5S. The fourth-order valence-electron chi connectivity index (χ4n) is 3.10. The molecule has 2 amide bonds. The monoisotopic (exact) mass is 439 g/mol. The Morgan fingerprint density at radius 1 is 0.903 bits per heavy atom. The van der Waals surface area contributed by atoms with Gasteiger partial charge < -0.3 is 16.2 Å². The van der Waals surface area contributed by atoms with E-state index in [1.807, 2.05) is 0 Å². The summed E-state index contributed by atoms with van der Waals surface area (Å²) in [7, 11) is -4.02. The number of carboxylic acids is 1. The van der Waals surface area contributed by atoms with Crippen LogP contribution in [0.4, 0.5) is 10.5 Å². The van der Waals surface area contributed by atoms with Gasteiger partial charge in [0.15, 0.2) is 0 Å². The van der Waals surface area contributed by atoms with Gasteiger partial charge in [0, 0.05) is 5.69 Å². The number of amides is 2. The lowest BCUT2D eigenvalue weighted by Gasteiger charge is -2.18. The van der Waals surface area contributed by atoms with Gasteiger partial charge in [0.2, 0.25) is 10.0 Å². The molecule has 0 saturated heterocycles. The summed E-state index contributed by atoms with van der Waals surface area (Å²) >= 11 is 0. The van der Waals surface area contributed by atoms with Crippen LogP contribution in [0.1, 0.15) is 18.0 Å². The van der Waals surface area contributed by atoms with Gasteiger partial charge in [-0.2, -0.15) is 0 Å². The largest absolute Gasteiger partial charge is 0.481 e. The molecule has 0 heterocycles. The topological polar surface area (TPSA) is 139 Å². The highest BCUT2D eigenvalue weighted by atomic mass is 32.2. The molecule has 8 nitrogen and oxygen atoms in total. The molecule has 160 valence electrons. The Bertz CT molecular complexity index is 1200. The molecule has 0 aromatic heterocycles. The number of nitrogens with one attached hydrogen (secondary N) is 2. The van der Waals surface area contributed by atoms with Crippen molar-refractivity contribution in [2.24, 2.45) is 5.73 Å². The Hall–Kier alpha value is -3.69. The Labute approximate surface area is 179 Å². The normalized spacial score (nSPS) is 12.1. The molecule has 0 fully saturated rings. The van der Waals surface area contributed by atoms with Crippen molar-refractivity contribution in [3.8, 4) is 11.1 Å². The molecule has 0 radical (unpaired) electrons. The van der Waals surface area contributed by atoms with E-state index in [1.165, 1.54) is 12.1 Å². The van der Waals surface area contributed by atoms with E-state index in [2.05, 4.69) is 10.0 Å². The summed E-state index contributed by atoms with van der Waals surface area (Å²) in [6.45, 7) is 0. The van der Waals surface area contributed by atoms with Crippen molar-refractivity contribution in [3.63, 3.8) is 0 Å². The van der Waals surface area contributed by atoms with Crippen molar-refractivity contribution in [3.05, 3.63) is 84.4 Å². The summed E-state index contributed by atoms with van der Waals surface area (Å²) in [6.07, 6.45) is -0.399. The number of hydrogen-bond donors (Lipinski definition) is 4. The fourth-order valence-corrected chi connectivity index (χ4v) is 4.37. The number of urea groups is 1. The molecule has 0 bridgehead atoms. The zero-order chi connectivity index (χ0) is 22.4. The molecule has 31 heavy (non-hydrogen) atoms. The van der Waals surface area contributed by atoms with Crippen molar-refractivity contribution in [2.75, 3.05) is 5.32 Å². The molecule has 3 aromatic carbocycles.